The van der Waals surface area contributed by atoms with Gasteiger partial charge >= 0.3 is 0 Å². The quantitative estimate of drug-likeness (QED) is 0.253. The molecule has 4 rings (SSSR count). The second-order valence-electron chi connectivity index (χ2n) is 9.35. The Morgan fingerprint density at radius 2 is 1.61 bits per heavy atom. The van der Waals surface area contributed by atoms with Crippen LogP contribution in [0, 0.1) is 6.92 Å². The van der Waals surface area contributed by atoms with Gasteiger partial charge in [0.1, 0.15) is 0 Å². The molecule has 0 bridgehead atoms. The maximum absolute atomic E-state index is 13.6. The standard InChI is InChI=1S/C28H32N4O3S2.ClH/c1-21-11-16-25-26(19-21)36-28(29-25)32(18-8-17-30(2)3)27(33)23-12-14-24(15-13-23)37(34,35)31(4)20-22-9-6-5-7-10-22;/h5-7,9-16,19H,8,17-18,20H2,1-4H3;1H. The third-order valence-electron chi connectivity index (χ3n) is 6.05. The highest BCUT2D eigenvalue weighted by Gasteiger charge is 2.24. The minimum absolute atomic E-state index is 0. The van der Waals surface area contributed by atoms with Gasteiger partial charge in [-0.1, -0.05) is 47.7 Å². The molecule has 7 nitrogen and oxygen atoms in total. The number of thiazole rings is 1. The van der Waals surface area contributed by atoms with E-state index in [0.717, 1.165) is 34.3 Å². The summed E-state index contributed by atoms with van der Waals surface area (Å²) < 4.78 is 28.6. The normalized spacial score (nSPS) is 11.6. The molecule has 0 aliphatic rings. The van der Waals surface area contributed by atoms with Crippen molar-refractivity contribution < 1.29 is 13.2 Å². The van der Waals surface area contributed by atoms with Crippen molar-refractivity contribution in [3.63, 3.8) is 0 Å². The number of amides is 1. The molecule has 0 atom stereocenters. The Hall–Kier alpha value is -2.82. The van der Waals surface area contributed by atoms with Crippen molar-refractivity contribution in [2.75, 3.05) is 39.1 Å². The Bertz CT molecular complexity index is 1470. The maximum Gasteiger partial charge on any atom is 0.260 e. The fourth-order valence-electron chi connectivity index (χ4n) is 4.00. The Morgan fingerprint density at radius 3 is 2.26 bits per heavy atom. The Balaban J connectivity index is 0.00000400. The number of sulfonamides is 1. The van der Waals surface area contributed by atoms with Gasteiger partial charge in [0.2, 0.25) is 10.0 Å². The first-order chi connectivity index (χ1) is 17.6. The van der Waals surface area contributed by atoms with Gasteiger partial charge < -0.3 is 4.90 Å². The molecule has 3 aromatic carbocycles. The van der Waals surface area contributed by atoms with E-state index >= 15 is 0 Å². The van der Waals surface area contributed by atoms with E-state index in [-0.39, 0.29) is 29.8 Å². The van der Waals surface area contributed by atoms with Crippen molar-refractivity contribution in [1.82, 2.24) is 14.2 Å². The van der Waals surface area contributed by atoms with Gasteiger partial charge in [-0.3, -0.25) is 9.69 Å². The van der Waals surface area contributed by atoms with Gasteiger partial charge in [0.25, 0.3) is 5.91 Å². The van der Waals surface area contributed by atoms with Crippen LogP contribution >= 0.6 is 23.7 Å². The zero-order chi connectivity index (χ0) is 26.6. The van der Waals surface area contributed by atoms with Crippen LogP contribution in [-0.2, 0) is 16.6 Å². The SMILES string of the molecule is Cc1ccc2nc(N(CCCN(C)C)C(=O)c3ccc(S(=O)(=O)N(C)Cc4ccccc4)cc3)sc2c1.Cl. The molecule has 0 N–H and O–H groups in total. The lowest BCUT2D eigenvalue weighted by Crippen LogP contribution is -2.33. The van der Waals surface area contributed by atoms with Crippen LogP contribution in [0.1, 0.15) is 27.9 Å². The molecule has 1 aromatic heterocycles. The summed E-state index contributed by atoms with van der Waals surface area (Å²) in [6.07, 6.45) is 0.782. The van der Waals surface area contributed by atoms with Gasteiger partial charge in [-0.2, -0.15) is 4.31 Å². The van der Waals surface area contributed by atoms with Crippen LogP contribution in [0.3, 0.4) is 0 Å². The van der Waals surface area contributed by atoms with Crippen LogP contribution in [0.2, 0.25) is 0 Å². The van der Waals surface area contributed by atoms with Gasteiger partial charge in [-0.15, -0.1) is 12.4 Å². The van der Waals surface area contributed by atoms with E-state index in [0.29, 0.717) is 17.2 Å². The van der Waals surface area contributed by atoms with Crippen molar-refractivity contribution in [3.8, 4) is 0 Å². The molecule has 0 unspecified atom stereocenters. The molecule has 0 saturated heterocycles. The molecule has 1 heterocycles. The first-order valence-electron chi connectivity index (χ1n) is 12.1. The molecule has 202 valence electrons. The van der Waals surface area contributed by atoms with Gasteiger partial charge in [0, 0.05) is 25.7 Å². The highest BCUT2D eigenvalue weighted by Crippen LogP contribution is 2.31. The summed E-state index contributed by atoms with van der Waals surface area (Å²) >= 11 is 1.49. The number of anilines is 1. The zero-order valence-electron chi connectivity index (χ0n) is 22.0. The van der Waals surface area contributed by atoms with E-state index in [1.165, 1.54) is 27.8 Å². The van der Waals surface area contributed by atoms with Gasteiger partial charge in [-0.25, -0.2) is 13.4 Å². The highest BCUT2D eigenvalue weighted by molar-refractivity contribution is 7.89. The lowest BCUT2D eigenvalue weighted by atomic mass is 10.2. The Labute approximate surface area is 235 Å². The second-order valence-corrected chi connectivity index (χ2v) is 12.4. The minimum Gasteiger partial charge on any atom is -0.309 e. The monoisotopic (exact) mass is 572 g/mol. The number of halogens is 1. The predicted molar refractivity (Wildman–Crippen MR) is 158 cm³/mol. The van der Waals surface area contributed by atoms with Crippen LogP contribution < -0.4 is 4.90 Å². The molecule has 1 amide bonds. The van der Waals surface area contributed by atoms with E-state index < -0.39 is 10.0 Å². The predicted octanol–water partition coefficient (Wildman–Crippen LogP) is 5.45. The number of fused-ring (bicyclic) bond motifs is 1. The molecule has 0 aliphatic heterocycles. The van der Waals surface area contributed by atoms with E-state index in [2.05, 4.69) is 11.0 Å². The number of carbonyl (C=O) groups is 1. The van der Waals surface area contributed by atoms with Gasteiger partial charge in [0.15, 0.2) is 5.13 Å². The zero-order valence-corrected chi connectivity index (χ0v) is 24.4. The first kappa shape index (κ1) is 29.7. The molecule has 10 heteroatoms. The van der Waals surface area contributed by atoms with Crippen molar-refractivity contribution in [3.05, 3.63) is 89.5 Å². The van der Waals surface area contributed by atoms with Crippen molar-refractivity contribution in [2.24, 2.45) is 0 Å². The van der Waals surface area contributed by atoms with Crippen LogP contribution in [0.5, 0.6) is 0 Å². The van der Waals surface area contributed by atoms with Crippen LogP contribution in [0.25, 0.3) is 10.2 Å². The molecular weight excluding hydrogens is 540 g/mol. The van der Waals surface area contributed by atoms with E-state index in [1.807, 2.05) is 63.5 Å². The third kappa shape index (κ3) is 6.98. The Kier molecular flexibility index (Phi) is 10.0. The lowest BCUT2D eigenvalue weighted by Gasteiger charge is -2.21. The average Bonchev–Trinajstić information content (AvgIpc) is 3.29. The molecule has 0 aliphatic carbocycles. The number of carbonyl (C=O) groups excluding carboxylic acids is 1. The topological polar surface area (TPSA) is 73.8 Å². The van der Waals surface area contributed by atoms with Crippen LogP contribution in [0.15, 0.2) is 77.7 Å². The number of aryl methyl sites for hydroxylation is 1. The molecule has 0 saturated carbocycles. The van der Waals surface area contributed by atoms with Crippen LogP contribution in [0.4, 0.5) is 5.13 Å². The first-order valence-corrected chi connectivity index (χ1v) is 14.3. The second kappa shape index (κ2) is 12.8. The fraction of sp³-hybridized carbons (Fsp3) is 0.286. The number of rotatable bonds is 10. The minimum atomic E-state index is -3.70. The molecule has 38 heavy (non-hydrogen) atoms. The Morgan fingerprint density at radius 1 is 0.921 bits per heavy atom. The number of aromatic nitrogens is 1. The lowest BCUT2D eigenvalue weighted by molar-refractivity contribution is 0.0986. The van der Waals surface area contributed by atoms with E-state index in [9.17, 15) is 13.2 Å². The third-order valence-corrected chi connectivity index (χ3v) is 8.91. The van der Waals surface area contributed by atoms with E-state index in [4.69, 9.17) is 4.98 Å². The number of hydrogen-bond donors (Lipinski definition) is 0. The van der Waals surface area contributed by atoms with Gasteiger partial charge in [-0.05, 0) is 81.5 Å². The average molecular weight is 573 g/mol. The summed E-state index contributed by atoms with van der Waals surface area (Å²) in [5.41, 5.74) is 3.32. The molecular formula is C28H33ClN4O3S2. The number of nitrogens with zero attached hydrogens (tertiary/aromatic N) is 4. The summed E-state index contributed by atoms with van der Waals surface area (Å²) in [5, 5.41) is 0.642. The molecule has 0 radical (unpaired) electrons. The van der Waals surface area contributed by atoms with Gasteiger partial charge in [0.05, 0.1) is 15.1 Å². The maximum atomic E-state index is 13.6. The van der Waals surface area contributed by atoms with E-state index in [1.54, 1.807) is 24.1 Å². The number of hydrogen-bond acceptors (Lipinski definition) is 6. The summed E-state index contributed by atoms with van der Waals surface area (Å²) in [6.45, 7) is 3.64. The molecule has 4 aromatic rings. The fourth-order valence-corrected chi connectivity index (χ4v) is 6.24. The number of benzene rings is 3. The smallest absolute Gasteiger partial charge is 0.260 e. The van der Waals surface area contributed by atoms with Crippen molar-refractivity contribution in [2.45, 2.75) is 24.8 Å². The highest BCUT2D eigenvalue weighted by atomic mass is 35.5. The van der Waals surface area contributed by atoms with Crippen molar-refractivity contribution in [1.29, 1.82) is 0 Å². The molecule has 0 fully saturated rings. The largest absolute Gasteiger partial charge is 0.309 e. The van der Waals surface area contributed by atoms with Crippen molar-refractivity contribution >= 4 is 55.0 Å². The summed E-state index contributed by atoms with van der Waals surface area (Å²) in [7, 11) is 1.85. The summed E-state index contributed by atoms with van der Waals surface area (Å²) in [6, 6.07) is 21.7. The summed E-state index contributed by atoms with van der Waals surface area (Å²) in [5.74, 6) is -0.198. The summed E-state index contributed by atoms with van der Waals surface area (Å²) in [4.78, 5) is 22.3. The van der Waals surface area contributed by atoms with Crippen LogP contribution in [-0.4, -0.2) is 62.7 Å². The molecule has 0 spiro atoms.